The largest absolute Gasteiger partial charge is 0.504 e. The van der Waals surface area contributed by atoms with Gasteiger partial charge in [0.2, 0.25) is 6.79 Å². The van der Waals surface area contributed by atoms with Crippen LogP contribution in [0.15, 0.2) is 30.3 Å². The molecule has 2 bridgehead atoms. The van der Waals surface area contributed by atoms with Gasteiger partial charge in [0.25, 0.3) is 0 Å². The van der Waals surface area contributed by atoms with Crippen LogP contribution in [0.25, 0.3) is 10.9 Å². The number of aromatic nitrogens is 1. The Balaban J connectivity index is 1.13. The number of para-hydroxylation sites is 1. The van der Waals surface area contributed by atoms with E-state index in [2.05, 4.69) is 45.4 Å². The molecule has 3 saturated heterocycles. The van der Waals surface area contributed by atoms with Crippen molar-refractivity contribution in [2.24, 2.45) is 0 Å². The minimum absolute atomic E-state index is 0.0357. The topological polar surface area (TPSA) is 135 Å². The Bertz CT molecular complexity index is 2400. The number of hydrogen-bond acceptors (Lipinski definition) is 12. The van der Waals surface area contributed by atoms with E-state index in [0.29, 0.717) is 47.1 Å². The van der Waals surface area contributed by atoms with Crippen molar-refractivity contribution in [3.05, 3.63) is 75.0 Å². The van der Waals surface area contributed by atoms with E-state index in [4.69, 9.17) is 23.7 Å². The quantitative estimate of drug-likeness (QED) is 0.170. The van der Waals surface area contributed by atoms with Crippen LogP contribution in [0, 0.1) is 13.8 Å². The number of carbonyl (C=O) groups is 2. The van der Waals surface area contributed by atoms with Crippen LogP contribution in [0.5, 0.6) is 28.7 Å². The smallest absolute Gasteiger partial charge is 0.330 e. The molecule has 7 heterocycles. The number of aryl methyl sites for hydroxylation is 1. The number of methoxy groups -OCH3 is 1. The number of fused-ring (bicyclic) bond motifs is 16. The lowest BCUT2D eigenvalue weighted by Gasteiger charge is -2.65. The molecule has 0 amide bonds. The van der Waals surface area contributed by atoms with E-state index in [-0.39, 0.29) is 47.5 Å². The number of ether oxygens (including phenoxy) is 5. The lowest BCUT2D eigenvalue weighted by atomic mass is 9.73. The molecule has 286 valence electrons. The molecule has 8 atom stereocenters. The zero-order valence-corrected chi connectivity index (χ0v) is 32.5. The van der Waals surface area contributed by atoms with Crippen molar-refractivity contribution in [1.82, 2.24) is 20.1 Å². The maximum absolute atomic E-state index is 15.1. The molecular formula is C42H44N4O8S. The van der Waals surface area contributed by atoms with Crippen molar-refractivity contribution in [1.29, 1.82) is 0 Å². The van der Waals surface area contributed by atoms with Crippen LogP contribution in [-0.2, 0) is 31.9 Å². The zero-order valence-electron chi connectivity index (χ0n) is 31.7. The summed E-state index contributed by atoms with van der Waals surface area (Å²) >= 11 is 1.66. The number of nitrogens with one attached hydrogen (secondary N) is 2. The Morgan fingerprint density at radius 3 is 2.67 bits per heavy atom. The molecule has 3 fully saturated rings. The Hall–Kier alpha value is -4.43. The van der Waals surface area contributed by atoms with Gasteiger partial charge in [0.15, 0.2) is 28.6 Å². The highest BCUT2D eigenvalue weighted by Gasteiger charge is 2.73. The first kappa shape index (κ1) is 33.9. The number of nitrogens with zero attached hydrogens (tertiary/aromatic N) is 2. The summed E-state index contributed by atoms with van der Waals surface area (Å²) in [5.74, 6) is 1.32. The molecule has 6 unspecified atom stereocenters. The number of H-pyrrole nitrogens is 1. The number of aromatic hydroxyl groups is 1. The van der Waals surface area contributed by atoms with E-state index in [1.165, 1.54) is 6.92 Å². The number of rotatable bonds is 5. The fourth-order valence-corrected chi connectivity index (χ4v) is 13.3. The van der Waals surface area contributed by atoms with Crippen LogP contribution in [0.1, 0.15) is 89.5 Å². The van der Waals surface area contributed by atoms with Gasteiger partial charge in [-0.25, -0.2) is 4.79 Å². The molecule has 1 aliphatic carbocycles. The number of benzene rings is 3. The second kappa shape index (κ2) is 11.3. The van der Waals surface area contributed by atoms with Crippen LogP contribution in [0.2, 0.25) is 0 Å². The van der Waals surface area contributed by atoms with Gasteiger partial charge in [-0.15, -0.1) is 0 Å². The molecular weight excluding hydrogens is 721 g/mol. The molecule has 11 rings (SSSR count). The van der Waals surface area contributed by atoms with E-state index >= 15 is 4.79 Å². The monoisotopic (exact) mass is 764 g/mol. The van der Waals surface area contributed by atoms with Gasteiger partial charge in [-0.05, 0) is 68.7 Å². The van der Waals surface area contributed by atoms with Gasteiger partial charge in [0, 0.05) is 88.9 Å². The van der Waals surface area contributed by atoms with Crippen LogP contribution in [0.3, 0.4) is 0 Å². The molecule has 7 aliphatic rings. The molecule has 0 spiro atoms. The van der Waals surface area contributed by atoms with Crippen molar-refractivity contribution in [3.63, 3.8) is 0 Å². The maximum Gasteiger partial charge on any atom is 0.330 e. The summed E-state index contributed by atoms with van der Waals surface area (Å²) in [5.41, 5.74) is 6.47. The molecule has 6 aliphatic heterocycles. The standard InChI is InChI=1S/C42H44N4O8S/c1-18-13-24-27(34(48)35(18)50-5)32-33-39(55-6)42(54-40(49)31-30-23(11-12-43-31)22-9-7-8-10-25(22)44-30)15-26(45(33)16-21-14-41(24,4)46(21)32)28-29(42)36(53-20(3)47)19(2)37-38(28)52-17-51-37/h7-10,13,21,26,31-33,39,43-44,48H,11-12,14-17H2,1-6H3/t21-,26?,31?,32+,33?,39?,41?,42?/m0/s1. The van der Waals surface area contributed by atoms with Gasteiger partial charge in [0.05, 0.1) is 18.4 Å². The lowest BCUT2D eigenvalue weighted by molar-refractivity contribution is -0.200. The highest BCUT2D eigenvalue weighted by Crippen LogP contribution is 2.72. The summed E-state index contributed by atoms with van der Waals surface area (Å²) in [6.45, 7) is 8.98. The molecule has 3 N–H and O–H groups in total. The first-order chi connectivity index (χ1) is 26.5. The summed E-state index contributed by atoms with van der Waals surface area (Å²) in [6, 6.07) is 9.13. The summed E-state index contributed by atoms with van der Waals surface area (Å²) in [6.07, 6.45) is 4.25. The van der Waals surface area contributed by atoms with Gasteiger partial charge in [-0.1, -0.05) is 18.2 Å². The number of hydrogen-bond donors (Lipinski definition) is 3. The average molecular weight is 765 g/mol. The summed E-state index contributed by atoms with van der Waals surface area (Å²) < 4.78 is 31.6. The number of carbonyl (C=O) groups excluding carboxylic acids is 2. The highest BCUT2D eigenvalue weighted by atomic mass is 32.2. The predicted octanol–water partition coefficient (Wildman–Crippen LogP) is 5.70. The van der Waals surface area contributed by atoms with Crippen molar-refractivity contribution in [2.45, 2.75) is 93.6 Å². The summed E-state index contributed by atoms with van der Waals surface area (Å²) in [5, 5.41) is 16.3. The second-order valence-corrected chi connectivity index (χ2v) is 17.5. The van der Waals surface area contributed by atoms with Crippen LogP contribution in [0.4, 0.5) is 0 Å². The van der Waals surface area contributed by atoms with Crippen LogP contribution >= 0.6 is 11.8 Å². The van der Waals surface area contributed by atoms with Crippen molar-refractivity contribution >= 4 is 34.6 Å². The average Bonchev–Trinajstić information content (AvgIpc) is 3.90. The first-order valence-electron chi connectivity index (χ1n) is 19.2. The highest BCUT2D eigenvalue weighted by molar-refractivity contribution is 7.99. The Morgan fingerprint density at radius 2 is 1.89 bits per heavy atom. The van der Waals surface area contributed by atoms with Gasteiger partial charge in [0.1, 0.15) is 11.8 Å². The minimum atomic E-state index is -1.25. The normalized spacial score (nSPS) is 31.9. The van der Waals surface area contributed by atoms with E-state index in [1.807, 2.05) is 32.0 Å². The number of phenols is 1. The number of aromatic amines is 1. The van der Waals surface area contributed by atoms with Crippen LogP contribution < -0.4 is 24.3 Å². The summed E-state index contributed by atoms with van der Waals surface area (Å²) in [7, 11) is 1.60. The van der Waals surface area contributed by atoms with Gasteiger partial charge in [-0.3, -0.25) is 19.9 Å². The predicted molar refractivity (Wildman–Crippen MR) is 204 cm³/mol. The van der Waals surface area contributed by atoms with E-state index in [9.17, 15) is 9.90 Å². The summed E-state index contributed by atoms with van der Waals surface area (Å²) in [4.78, 5) is 36.8. The Morgan fingerprint density at radius 1 is 1.09 bits per heavy atom. The van der Waals surface area contributed by atoms with E-state index in [1.54, 1.807) is 18.9 Å². The molecule has 1 aromatic heterocycles. The van der Waals surface area contributed by atoms with Crippen LogP contribution in [-0.4, -0.2) is 82.4 Å². The zero-order chi connectivity index (χ0) is 37.9. The third-order valence-electron chi connectivity index (χ3n) is 13.9. The lowest BCUT2D eigenvalue weighted by Crippen LogP contribution is -2.73. The molecule has 12 nitrogen and oxygen atoms in total. The van der Waals surface area contributed by atoms with E-state index in [0.717, 1.165) is 63.8 Å². The first-order valence-corrected chi connectivity index (χ1v) is 20.5. The molecule has 0 saturated carbocycles. The maximum atomic E-state index is 15.1. The molecule has 13 heteroatoms. The molecule has 55 heavy (non-hydrogen) atoms. The second-order valence-electron chi connectivity index (χ2n) is 16.5. The number of esters is 2. The third-order valence-corrected chi connectivity index (χ3v) is 15.1. The van der Waals surface area contributed by atoms with Gasteiger partial charge >= 0.3 is 11.9 Å². The fraction of sp³-hybridized carbons (Fsp3) is 0.476. The van der Waals surface area contributed by atoms with Crippen molar-refractivity contribution in [3.8, 4) is 28.7 Å². The van der Waals surface area contributed by atoms with Gasteiger partial charge in [-0.2, -0.15) is 11.8 Å². The van der Waals surface area contributed by atoms with Crippen molar-refractivity contribution in [2.75, 3.05) is 33.2 Å². The number of piperidine rings is 1. The number of piperazine rings is 1. The van der Waals surface area contributed by atoms with E-state index < -0.39 is 23.6 Å². The number of phenolic OH excluding ortho intramolecular Hbond substituents is 1. The third kappa shape index (κ3) is 4.09. The minimum Gasteiger partial charge on any atom is -0.504 e. The van der Waals surface area contributed by atoms with Crippen molar-refractivity contribution < 1.29 is 38.4 Å². The molecule has 3 aromatic carbocycles. The number of thioether (sulfide) groups is 1. The molecule has 4 aromatic rings. The molecule has 0 radical (unpaired) electrons. The Labute approximate surface area is 322 Å². The Kier molecular flexibility index (Phi) is 6.98. The van der Waals surface area contributed by atoms with Gasteiger partial charge < -0.3 is 33.8 Å². The SMILES string of the molecule is COc1c(C)cc2c(c1O)[C@@H]1C3C(SC)C4(OC(=O)C5NCCc6c5[nH]c5ccccc65)CC(c5c6c(c(C)c(OC(C)=O)c54)OCO6)N3C[C@@H]3CC2(C)N31. The fourth-order valence-electron chi connectivity index (χ4n) is 12.1.